The average Bonchev–Trinajstić information content (AvgIpc) is 3.03. The lowest BCUT2D eigenvalue weighted by molar-refractivity contribution is 0.352. The molecule has 8 nitrogen and oxygen atoms in total. The molecule has 0 aromatic heterocycles. The molecule has 4 aromatic rings. The van der Waals surface area contributed by atoms with Gasteiger partial charge in [0.15, 0.2) is 34.5 Å². The van der Waals surface area contributed by atoms with E-state index in [0.29, 0.717) is 23.7 Å². The lowest BCUT2D eigenvalue weighted by atomic mass is 9.89. The summed E-state index contributed by atoms with van der Waals surface area (Å²) in [6, 6.07) is 21.5. The van der Waals surface area contributed by atoms with E-state index < -0.39 is 0 Å². The molecule has 0 spiro atoms. The van der Waals surface area contributed by atoms with Crippen molar-refractivity contribution in [3.05, 3.63) is 100 Å². The number of rotatable bonds is 9. The molecule has 0 fully saturated rings. The molecule has 0 aliphatic carbocycles. The summed E-state index contributed by atoms with van der Waals surface area (Å²) < 4.78 is 22.5. The monoisotopic (exact) mass is 582 g/mol. The number of ether oxygens (including phenoxy) is 4. The van der Waals surface area contributed by atoms with Gasteiger partial charge in [-0.15, -0.1) is 0 Å². The predicted octanol–water partition coefficient (Wildman–Crippen LogP) is 5.77. The first-order valence-electron chi connectivity index (χ1n) is 14.7. The van der Waals surface area contributed by atoms with E-state index in [9.17, 15) is 10.2 Å². The van der Waals surface area contributed by atoms with Gasteiger partial charge < -0.3 is 39.8 Å². The number of hydrogen-bond donors (Lipinski definition) is 4. The molecular weight excluding hydrogens is 544 g/mol. The van der Waals surface area contributed by atoms with Crippen molar-refractivity contribution in [3.63, 3.8) is 0 Å². The van der Waals surface area contributed by atoms with E-state index in [1.54, 1.807) is 33.5 Å². The van der Waals surface area contributed by atoms with Gasteiger partial charge in [-0.1, -0.05) is 18.2 Å². The molecule has 0 radical (unpaired) electrons. The fourth-order valence-electron chi connectivity index (χ4n) is 6.21. The van der Waals surface area contributed by atoms with Gasteiger partial charge in [-0.2, -0.15) is 0 Å². The van der Waals surface area contributed by atoms with Crippen LogP contribution >= 0.6 is 0 Å². The minimum absolute atomic E-state index is 0.0248. The lowest BCUT2D eigenvalue weighted by Crippen LogP contribution is -2.31. The van der Waals surface area contributed by atoms with Crippen LogP contribution in [-0.2, 0) is 25.7 Å². The maximum Gasteiger partial charge on any atom is 0.169 e. The fraction of sp³-hybridized carbons (Fsp3) is 0.314. The van der Waals surface area contributed by atoms with Crippen molar-refractivity contribution in [3.8, 4) is 40.2 Å². The van der Waals surface area contributed by atoms with Crippen LogP contribution in [0.15, 0.2) is 66.7 Å². The summed E-state index contributed by atoms with van der Waals surface area (Å²) in [4.78, 5) is 0. The quantitative estimate of drug-likeness (QED) is 0.197. The summed E-state index contributed by atoms with van der Waals surface area (Å²) in [6.07, 6.45) is 3.32. The zero-order valence-corrected chi connectivity index (χ0v) is 24.8. The third-order valence-electron chi connectivity index (χ3n) is 8.46. The first kappa shape index (κ1) is 28.7. The van der Waals surface area contributed by atoms with E-state index in [0.717, 1.165) is 55.0 Å². The number of fused-ring (bicyclic) bond motifs is 2. The van der Waals surface area contributed by atoms with Crippen molar-refractivity contribution in [2.75, 3.05) is 34.4 Å². The third-order valence-corrected chi connectivity index (χ3v) is 8.46. The molecule has 224 valence electrons. The predicted molar refractivity (Wildman–Crippen MR) is 165 cm³/mol. The summed E-state index contributed by atoms with van der Waals surface area (Å²) in [5, 5.41) is 28.2. The molecule has 0 amide bonds. The van der Waals surface area contributed by atoms with Crippen LogP contribution in [-0.4, -0.2) is 44.6 Å². The number of aromatic hydroxyl groups is 2. The molecule has 2 aliphatic rings. The Labute approximate surface area is 252 Å². The Morgan fingerprint density at radius 2 is 1.16 bits per heavy atom. The van der Waals surface area contributed by atoms with E-state index in [2.05, 4.69) is 34.9 Å². The normalized spacial score (nSPS) is 17.5. The molecule has 4 N–H and O–H groups in total. The lowest BCUT2D eigenvalue weighted by Gasteiger charge is -2.28. The Kier molecular flexibility index (Phi) is 8.31. The van der Waals surface area contributed by atoms with Gasteiger partial charge in [0, 0.05) is 12.1 Å². The SMILES string of the molecule is COc1cc2c(cc1O)[C@@H](Cc1ccc(O)c(Oc3ccc(C[C@@H]4NCCc5cc(OC)c(OC)cc54)cc3)c1)NCC2. The van der Waals surface area contributed by atoms with Gasteiger partial charge in [0.25, 0.3) is 0 Å². The summed E-state index contributed by atoms with van der Waals surface area (Å²) >= 11 is 0. The number of phenolic OH excluding ortho intramolecular Hbond substituents is 2. The van der Waals surface area contributed by atoms with Crippen LogP contribution in [0.5, 0.6) is 40.2 Å². The van der Waals surface area contributed by atoms with Crippen LogP contribution in [0.1, 0.15) is 45.5 Å². The van der Waals surface area contributed by atoms with Crippen molar-refractivity contribution < 1.29 is 29.2 Å². The topological polar surface area (TPSA) is 101 Å². The molecule has 0 bridgehead atoms. The largest absolute Gasteiger partial charge is 0.504 e. The van der Waals surface area contributed by atoms with Crippen molar-refractivity contribution in [1.29, 1.82) is 0 Å². The van der Waals surface area contributed by atoms with Crippen LogP contribution in [0.4, 0.5) is 0 Å². The summed E-state index contributed by atoms with van der Waals surface area (Å²) in [6.45, 7) is 1.74. The highest BCUT2D eigenvalue weighted by atomic mass is 16.5. The van der Waals surface area contributed by atoms with Gasteiger partial charge in [-0.3, -0.25) is 0 Å². The smallest absolute Gasteiger partial charge is 0.169 e. The highest BCUT2D eigenvalue weighted by Gasteiger charge is 2.24. The molecule has 0 saturated heterocycles. The van der Waals surface area contributed by atoms with Gasteiger partial charge in [0.1, 0.15) is 5.75 Å². The second kappa shape index (κ2) is 12.5. The van der Waals surface area contributed by atoms with Crippen molar-refractivity contribution >= 4 is 0 Å². The van der Waals surface area contributed by atoms with E-state index in [-0.39, 0.29) is 23.6 Å². The minimum atomic E-state index is 0.0248. The maximum absolute atomic E-state index is 10.6. The number of methoxy groups -OCH3 is 3. The van der Waals surface area contributed by atoms with E-state index in [4.69, 9.17) is 18.9 Å². The zero-order valence-electron chi connectivity index (χ0n) is 24.8. The Bertz CT molecular complexity index is 1600. The molecule has 4 aromatic carbocycles. The molecule has 43 heavy (non-hydrogen) atoms. The Balaban J connectivity index is 1.15. The molecule has 0 saturated carbocycles. The second-order valence-electron chi connectivity index (χ2n) is 11.1. The van der Waals surface area contributed by atoms with Gasteiger partial charge >= 0.3 is 0 Å². The third kappa shape index (κ3) is 6.07. The molecule has 2 aliphatic heterocycles. The van der Waals surface area contributed by atoms with Crippen LogP contribution < -0.4 is 29.6 Å². The molecule has 2 heterocycles. The van der Waals surface area contributed by atoms with Gasteiger partial charge in [0.05, 0.1) is 21.3 Å². The van der Waals surface area contributed by atoms with Crippen molar-refractivity contribution in [1.82, 2.24) is 10.6 Å². The first-order valence-corrected chi connectivity index (χ1v) is 14.7. The number of nitrogens with one attached hydrogen (secondary N) is 2. The molecular formula is C35H38N2O6. The highest BCUT2D eigenvalue weighted by Crippen LogP contribution is 2.39. The molecule has 6 rings (SSSR count). The molecule has 2 atom stereocenters. The Morgan fingerprint density at radius 1 is 0.605 bits per heavy atom. The highest BCUT2D eigenvalue weighted by molar-refractivity contribution is 5.51. The minimum Gasteiger partial charge on any atom is -0.504 e. The summed E-state index contributed by atoms with van der Waals surface area (Å²) in [5.41, 5.74) is 6.92. The fourth-order valence-corrected chi connectivity index (χ4v) is 6.21. The van der Waals surface area contributed by atoms with Crippen LogP contribution in [0, 0.1) is 0 Å². The van der Waals surface area contributed by atoms with Crippen molar-refractivity contribution in [2.24, 2.45) is 0 Å². The number of hydrogen-bond acceptors (Lipinski definition) is 8. The van der Waals surface area contributed by atoms with E-state index in [1.807, 2.05) is 30.3 Å². The Hall–Kier alpha value is -4.40. The summed E-state index contributed by atoms with van der Waals surface area (Å²) in [5.74, 6) is 3.27. The van der Waals surface area contributed by atoms with E-state index >= 15 is 0 Å². The van der Waals surface area contributed by atoms with Gasteiger partial charge in [-0.05, 0) is 121 Å². The molecule has 8 heteroatoms. The van der Waals surface area contributed by atoms with Crippen LogP contribution in [0.25, 0.3) is 0 Å². The number of phenols is 2. The Morgan fingerprint density at radius 3 is 1.81 bits per heavy atom. The maximum atomic E-state index is 10.6. The van der Waals surface area contributed by atoms with E-state index in [1.165, 1.54) is 22.3 Å². The second-order valence-corrected chi connectivity index (χ2v) is 11.1. The standard InChI is InChI=1S/C35H38N2O6/c1-40-32-17-23-10-12-37-29(26(23)19-31(32)39)15-22-6-9-30(38)33(16-22)43-25-7-4-21(5-8-25)14-28-27-20-35(42-3)34(41-2)18-24(27)11-13-36-28/h4-9,16-20,28-29,36-39H,10-15H2,1-3H3/t28-,29+/m0/s1. The average molecular weight is 583 g/mol. The van der Waals surface area contributed by atoms with Crippen molar-refractivity contribution in [2.45, 2.75) is 37.8 Å². The van der Waals surface area contributed by atoms with Crippen LogP contribution in [0.2, 0.25) is 0 Å². The zero-order chi connectivity index (χ0) is 29.9. The van der Waals surface area contributed by atoms with Gasteiger partial charge in [-0.25, -0.2) is 0 Å². The van der Waals surface area contributed by atoms with Crippen LogP contribution in [0.3, 0.4) is 0 Å². The molecule has 0 unspecified atom stereocenters. The first-order chi connectivity index (χ1) is 20.9. The summed E-state index contributed by atoms with van der Waals surface area (Å²) in [7, 11) is 4.89. The van der Waals surface area contributed by atoms with Gasteiger partial charge in [0.2, 0.25) is 0 Å². The number of benzene rings is 4.